The van der Waals surface area contributed by atoms with Gasteiger partial charge in [-0.2, -0.15) is 0 Å². The minimum Gasteiger partial charge on any atom is -0.452 e. The highest BCUT2D eigenvalue weighted by atomic mass is 35.5. The number of nitrogens with one attached hydrogen (secondary N) is 1. The molecule has 2 heterocycles. The van der Waals surface area contributed by atoms with Gasteiger partial charge in [-0.05, 0) is 48.2 Å². The van der Waals surface area contributed by atoms with Gasteiger partial charge in [-0.25, -0.2) is 4.79 Å². The van der Waals surface area contributed by atoms with E-state index in [1.807, 2.05) is 41.3 Å². The number of ether oxygens (including phenoxy) is 1. The second-order valence-corrected chi connectivity index (χ2v) is 8.38. The predicted molar refractivity (Wildman–Crippen MR) is 129 cm³/mol. The summed E-state index contributed by atoms with van der Waals surface area (Å²) >= 11 is 6.04. The first-order valence-corrected chi connectivity index (χ1v) is 11.3. The summed E-state index contributed by atoms with van der Waals surface area (Å²) in [6, 6.07) is 15.1. The Morgan fingerprint density at radius 3 is 2.58 bits per heavy atom. The lowest BCUT2D eigenvalue weighted by Gasteiger charge is -2.27. The largest absolute Gasteiger partial charge is 0.452 e. The van der Waals surface area contributed by atoms with Gasteiger partial charge in [0.1, 0.15) is 17.3 Å². The molecule has 0 aliphatic carbocycles. The smallest absolute Gasteiger partial charge is 0.332 e. The van der Waals surface area contributed by atoms with Gasteiger partial charge in [0.15, 0.2) is 0 Å². The summed E-state index contributed by atoms with van der Waals surface area (Å²) in [5.41, 5.74) is 1.55. The van der Waals surface area contributed by atoms with E-state index in [0.29, 0.717) is 35.2 Å². The Hall–Kier alpha value is -3.23. The quantitative estimate of drug-likeness (QED) is 0.526. The lowest BCUT2D eigenvalue weighted by Crippen LogP contribution is -2.43. The van der Waals surface area contributed by atoms with Gasteiger partial charge >= 0.3 is 5.69 Å². The zero-order valence-electron chi connectivity index (χ0n) is 18.6. The molecule has 2 aromatic carbocycles. The lowest BCUT2D eigenvalue weighted by molar-refractivity contribution is 0.227. The van der Waals surface area contributed by atoms with Crippen LogP contribution in [-0.4, -0.2) is 27.2 Å². The number of benzene rings is 2. The molecule has 0 fully saturated rings. The monoisotopic (exact) mass is 470 g/mol. The molecule has 174 valence electrons. The summed E-state index contributed by atoms with van der Waals surface area (Å²) in [5, 5.41) is 13.0. The van der Waals surface area contributed by atoms with E-state index in [9.17, 15) is 14.7 Å². The van der Waals surface area contributed by atoms with Crippen LogP contribution in [0.15, 0.2) is 58.1 Å². The third kappa shape index (κ3) is 4.62. The van der Waals surface area contributed by atoms with Crippen LogP contribution >= 0.6 is 11.6 Å². The van der Waals surface area contributed by atoms with Gasteiger partial charge in [0.05, 0.1) is 0 Å². The topological polar surface area (TPSA) is 88.7 Å². The molecule has 3 aromatic rings. The normalized spacial score (nSPS) is 14.8. The molecule has 2 N–H and O–H groups in total. The van der Waals surface area contributed by atoms with E-state index in [2.05, 4.69) is 12.2 Å². The highest BCUT2D eigenvalue weighted by Crippen LogP contribution is 2.33. The number of anilines is 2. The fourth-order valence-corrected chi connectivity index (χ4v) is 4.05. The van der Waals surface area contributed by atoms with Crippen molar-refractivity contribution in [1.82, 2.24) is 9.13 Å². The molecule has 0 saturated heterocycles. The summed E-state index contributed by atoms with van der Waals surface area (Å²) in [6.45, 7) is 2.45. The highest BCUT2D eigenvalue weighted by molar-refractivity contribution is 6.30. The molecule has 1 aromatic heterocycles. The van der Waals surface area contributed by atoms with Gasteiger partial charge in [0.2, 0.25) is 0 Å². The minimum absolute atomic E-state index is 0.112. The van der Waals surface area contributed by atoms with Gasteiger partial charge in [-0.1, -0.05) is 42.8 Å². The third-order valence-electron chi connectivity index (χ3n) is 5.72. The molecule has 0 spiro atoms. The average molecular weight is 471 g/mol. The van der Waals surface area contributed by atoms with Crippen molar-refractivity contribution in [1.29, 1.82) is 0 Å². The molecule has 1 atom stereocenters. The van der Waals surface area contributed by atoms with Crippen molar-refractivity contribution < 1.29 is 9.84 Å². The Morgan fingerprint density at radius 2 is 1.88 bits per heavy atom. The Balaban J connectivity index is 1.78. The fraction of sp³-hybridized carbons (Fsp3) is 0.333. The molecule has 0 radical (unpaired) electrons. The van der Waals surface area contributed by atoms with Crippen LogP contribution in [0.5, 0.6) is 5.75 Å². The fourth-order valence-electron chi connectivity index (χ4n) is 3.92. The summed E-state index contributed by atoms with van der Waals surface area (Å²) in [4.78, 5) is 28.1. The van der Waals surface area contributed by atoms with E-state index in [0.717, 1.165) is 22.1 Å². The minimum atomic E-state index is -0.699. The van der Waals surface area contributed by atoms with Crippen molar-refractivity contribution in [2.24, 2.45) is 7.05 Å². The maximum absolute atomic E-state index is 13.4. The van der Waals surface area contributed by atoms with Gasteiger partial charge in [-0.15, -0.1) is 0 Å². The van der Waals surface area contributed by atoms with Gasteiger partial charge in [0.25, 0.3) is 11.9 Å². The Labute approximate surface area is 196 Å². The van der Waals surface area contributed by atoms with Crippen LogP contribution < -0.4 is 26.2 Å². The number of aliphatic hydroxyl groups is 1. The maximum atomic E-state index is 13.4. The molecule has 8 nitrogen and oxygen atoms in total. The number of aliphatic hydroxyl groups excluding tert-OH is 1. The molecular weight excluding hydrogens is 444 g/mol. The summed E-state index contributed by atoms with van der Waals surface area (Å²) in [5.74, 6) is 1.06. The van der Waals surface area contributed by atoms with Crippen LogP contribution in [0.1, 0.15) is 24.5 Å². The SMILES string of the molecule is CCc1cccc(OC2Nc3c(c(=O)n(CCCO)c(=O)n3C)N2Cc2ccc(Cl)cc2)c1. The zero-order valence-corrected chi connectivity index (χ0v) is 19.4. The molecule has 1 aliphatic heterocycles. The molecule has 4 rings (SSSR count). The summed E-state index contributed by atoms with van der Waals surface area (Å²) in [7, 11) is 1.61. The summed E-state index contributed by atoms with van der Waals surface area (Å²) < 4.78 is 8.83. The second-order valence-electron chi connectivity index (χ2n) is 7.94. The highest BCUT2D eigenvalue weighted by Gasteiger charge is 2.36. The van der Waals surface area contributed by atoms with Crippen LogP contribution in [0.2, 0.25) is 5.02 Å². The van der Waals surface area contributed by atoms with Crippen LogP contribution in [0.4, 0.5) is 11.5 Å². The van der Waals surface area contributed by atoms with Gasteiger partial charge < -0.3 is 20.1 Å². The molecule has 0 bridgehead atoms. The second kappa shape index (κ2) is 9.72. The number of nitrogens with zero attached hydrogens (tertiary/aromatic N) is 3. The van der Waals surface area contributed by atoms with Crippen molar-refractivity contribution in [3.05, 3.63) is 85.5 Å². The number of aromatic nitrogens is 2. The third-order valence-corrected chi connectivity index (χ3v) is 5.97. The number of hydrogen-bond acceptors (Lipinski definition) is 6. The lowest BCUT2D eigenvalue weighted by atomic mass is 10.2. The molecule has 1 aliphatic rings. The molecule has 33 heavy (non-hydrogen) atoms. The first-order valence-electron chi connectivity index (χ1n) is 10.9. The van der Waals surface area contributed by atoms with Gasteiger partial charge in [0, 0.05) is 31.8 Å². The van der Waals surface area contributed by atoms with Crippen molar-refractivity contribution in [2.45, 2.75) is 39.2 Å². The molecule has 9 heteroatoms. The van der Waals surface area contributed by atoms with Crippen LogP contribution in [-0.2, 0) is 26.6 Å². The summed E-state index contributed by atoms with van der Waals surface area (Å²) in [6.07, 6.45) is 0.478. The first kappa shape index (κ1) is 22.9. The predicted octanol–water partition coefficient (Wildman–Crippen LogP) is 2.94. The van der Waals surface area contributed by atoms with E-state index >= 15 is 0 Å². The van der Waals surface area contributed by atoms with E-state index in [1.54, 1.807) is 19.2 Å². The van der Waals surface area contributed by atoms with Crippen molar-refractivity contribution in [3.63, 3.8) is 0 Å². The standard InChI is InChI=1S/C24H27ClN4O4/c1-3-16-6-4-7-19(14-16)33-23-26-21-20(29(23)15-17-8-10-18(25)11-9-17)22(31)28(12-5-13-30)24(32)27(21)2/h4,6-11,14,23,26,30H,3,5,12-13,15H2,1-2H3. The average Bonchev–Trinajstić information content (AvgIpc) is 3.17. The Bertz CT molecular complexity index is 1250. The zero-order chi connectivity index (χ0) is 23.5. The number of hydrogen-bond donors (Lipinski definition) is 2. The molecule has 0 saturated carbocycles. The first-order chi connectivity index (χ1) is 15.9. The number of halogens is 1. The Morgan fingerprint density at radius 1 is 1.12 bits per heavy atom. The van der Waals surface area contributed by atoms with Crippen molar-refractivity contribution >= 4 is 23.1 Å². The number of rotatable bonds is 8. The van der Waals surface area contributed by atoms with Gasteiger partial charge in [-0.3, -0.25) is 13.9 Å². The van der Waals surface area contributed by atoms with Crippen molar-refractivity contribution in [3.8, 4) is 5.75 Å². The number of aryl methyl sites for hydroxylation is 1. The molecule has 1 unspecified atom stereocenters. The van der Waals surface area contributed by atoms with Crippen molar-refractivity contribution in [2.75, 3.05) is 16.8 Å². The van der Waals surface area contributed by atoms with Crippen LogP contribution in [0.25, 0.3) is 0 Å². The number of fused-ring (bicyclic) bond motifs is 1. The van der Waals surface area contributed by atoms with E-state index in [1.165, 1.54) is 4.57 Å². The van der Waals surface area contributed by atoms with E-state index < -0.39 is 17.6 Å². The van der Waals surface area contributed by atoms with E-state index in [-0.39, 0.29) is 13.2 Å². The molecular formula is C24H27ClN4O4. The maximum Gasteiger partial charge on any atom is 0.332 e. The molecule has 0 amide bonds. The van der Waals surface area contributed by atoms with E-state index in [4.69, 9.17) is 16.3 Å². The van der Waals surface area contributed by atoms with Crippen LogP contribution in [0, 0.1) is 0 Å². The Kier molecular flexibility index (Phi) is 6.76. The van der Waals surface area contributed by atoms with Crippen LogP contribution in [0.3, 0.4) is 0 Å².